The number of benzene rings is 1. The fraction of sp³-hybridized carbons (Fsp3) is 0.333. The largest absolute Gasteiger partial charge is 0.484 e. The number of hydrazine groups is 1. The molecule has 6 heteroatoms. The number of carbonyl (C=O) groups is 2. The van der Waals surface area contributed by atoms with Crippen LogP contribution in [0.15, 0.2) is 18.2 Å². The molecule has 1 aromatic rings. The lowest BCUT2D eigenvalue weighted by Gasteiger charge is -2.09. The molecule has 0 unspecified atom stereocenters. The smallest absolute Gasteiger partial charge is 0.425 e. The Balaban J connectivity index is 2.38. The SMILES string of the molecule is COC(=O)NNC(=O)COc1ccc(C)c(C)c1. The number of carbonyl (C=O) groups excluding carboxylic acids is 2. The average Bonchev–Trinajstić information content (AvgIpc) is 2.37. The van der Waals surface area contributed by atoms with E-state index in [1.165, 1.54) is 7.11 Å². The fourth-order valence-electron chi connectivity index (χ4n) is 1.16. The molecule has 98 valence electrons. The number of ether oxygens (including phenoxy) is 2. The Hall–Kier alpha value is -2.24. The van der Waals surface area contributed by atoms with Crippen LogP contribution < -0.4 is 15.6 Å². The number of rotatable bonds is 3. The van der Waals surface area contributed by atoms with Gasteiger partial charge in [0.15, 0.2) is 6.61 Å². The molecule has 18 heavy (non-hydrogen) atoms. The minimum absolute atomic E-state index is 0.188. The number of hydrogen-bond donors (Lipinski definition) is 2. The van der Waals surface area contributed by atoms with E-state index in [1.807, 2.05) is 31.4 Å². The highest BCUT2D eigenvalue weighted by Crippen LogP contribution is 2.15. The Kier molecular flexibility index (Phi) is 4.98. The Bertz CT molecular complexity index is 446. The number of amides is 2. The molecular formula is C12H16N2O4. The van der Waals surface area contributed by atoms with Crippen LogP contribution in [0.1, 0.15) is 11.1 Å². The summed E-state index contributed by atoms with van der Waals surface area (Å²) in [5.41, 5.74) is 6.43. The molecule has 0 aliphatic carbocycles. The van der Waals surface area contributed by atoms with Crippen LogP contribution in [-0.2, 0) is 9.53 Å². The molecular weight excluding hydrogens is 236 g/mol. The van der Waals surface area contributed by atoms with Crippen LogP contribution >= 0.6 is 0 Å². The highest BCUT2D eigenvalue weighted by molar-refractivity contribution is 5.80. The first kappa shape index (κ1) is 13.8. The Morgan fingerprint density at radius 1 is 1.17 bits per heavy atom. The fourth-order valence-corrected chi connectivity index (χ4v) is 1.16. The van der Waals surface area contributed by atoms with Gasteiger partial charge in [-0.25, -0.2) is 10.2 Å². The summed E-state index contributed by atoms with van der Waals surface area (Å²) in [5.74, 6) is 0.130. The molecule has 2 amide bonds. The van der Waals surface area contributed by atoms with E-state index < -0.39 is 12.0 Å². The van der Waals surface area contributed by atoms with Gasteiger partial charge < -0.3 is 9.47 Å². The van der Waals surface area contributed by atoms with Gasteiger partial charge in [-0.05, 0) is 37.1 Å². The van der Waals surface area contributed by atoms with Crippen LogP contribution in [0.4, 0.5) is 4.79 Å². The van der Waals surface area contributed by atoms with Crippen molar-refractivity contribution in [2.24, 2.45) is 0 Å². The van der Waals surface area contributed by atoms with Crippen LogP contribution in [-0.4, -0.2) is 25.7 Å². The summed E-state index contributed by atoms with van der Waals surface area (Å²) in [7, 11) is 1.20. The molecule has 1 aromatic carbocycles. The second kappa shape index (κ2) is 6.48. The average molecular weight is 252 g/mol. The molecule has 0 saturated heterocycles. The lowest BCUT2D eigenvalue weighted by atomic mass is 10.1. The van der Waals surface area contributed by atoms with Crippen LogP contribution in [0, 0.1) is 13.8 Å². The van der Waals surface area contributed by atoms with Crippen LogP contribution in [0.25, 0.3) is 0 Å². The summed E-state index contributed by atoms with van der Waals surface area (Å²) in [5, 5.41) is 0. The van der Waals surface area contributed by atoms with Gasteiger partial charge in [-0.15, -0.1) is 0 Å². The molecule has 1 rings (SSSR count). The summed E-state index contributed by atoms with van der Waals surface area (Å²) in [4.78, 5) is 22.0. The van der Waals surface area contributed by atoms with E-state index in [1.54, 1.807) is 6.07 Å². The van der Waals surface area contributed by atoms with Gasteiger partial charge in [0.2, 0.25) is 0 Å². The van der Waals surface area contributed by atoms with E-state index in [0.717, 1.165) is 11.1 Å². The van der Waals surface area contributed by atoms with Crippen molar-refractivity contribution < 1.29 is 19.1 Å². The first-order valence-electron chi connectivity index (χ1n) is 5.36. The zero-order chi connectivity index (χ0) is 13.5. The lowest BCUT2D eigenvalue weighted by molar-refractivity contribution is -0.123. The monoisotopic (exact) mass is 252 g/mol. The molecule has 0 aliphatic heterocycles. The number of aryl methyl sites for hydroxylation is 2. The van der Waals surface area contributed by atoms with Gasteiger partial charge in [-0.3, -0.25) is 10.2 Å². The van der Waals surface area contributed by atoms with Crippen molar-refractivity contribution in [3.8, 4) is 5.75 Å². The zero-order valence-corrected chi connectivity index (χ0v) is 10.6. The summed E-state index contributed by atoms with van der Waals surface area (Å²) in [6, 6.07) is 5.54. The Labute approximate surface area is 105 Å². The second-order valence-electron chi connectivity index (χ2n) is 3.70. The van der Waals surface area contributed by atoms with E-state index >= 15 is 0 Å². The van der Waals surface area contributed by atoms with Crippen molar-refractivity contribution in [1.82, 2.24) is 10.9 Å². The molecule has 0 bridgehead atoms. The van der Waals surface area contributed by atoms with E-state index in [4.69, 9.17) is 4.74 Å². The number of hydrogen-bond acceptors (Lipinski definition) is 4. The highest BCUT2D eigenvalue weighted by Gasteiger charge is 2.05. The maximum absolute atomic E-state index is 11.3. The standard InChI is InChI=1S/C12H16N2O4/c1-8-4-5-10(6-9(8)2)18-7-11(15)13-14-12(16)17-3/h4-6H,7H2,1-3H3,(H,13,15)(H,14,16). The van der Waals surface area contributed by atoms with Crippen LogP contribution in [0.5, 0.6) is 5.75 Å². The molecule has 0 aliphatic rings. The minimum atomic E-state index is -0.741. The first-order chi connectivity index (χ1) is 8.52. The number of nitrogens with one attached hydrogen (secondary N) is 2. The molecule has 0 aromatic heterocycles. The molecule has 0 saturated carbocycles. The summed E-state index contributed by atoms with van der Waals surface area (Å²) >= 11 is 0. The van der Waals surface area contributed by atoms with Gasteiger partial charge in [0.05, 0.1) is 7.11 Å². The third-order valence-corrected chi connectivity index (χ3v) is 2.34. The van der Waals surface area contributed by atoms with E-state index in [-0.39, 0.29) is 6.61 Å². The third-order valence-electron chi connectivity index (χ3n) is 2.34. The topological polar surface area (TPSA) is 76.7 Å². The minimum Gasteiger partial charge on any atom is -0.484 e. The van der Waals surface area contributed by atoms with Gasteiger partial charge in [0, 0.05) is 0 Å². The van der Waals surface area contributed by atoms with Crippen molar-refractivity contribution in [2.45, 2.75) is 13.8 Å². The van der Waals surface area contributed by atoms with Crippen LogP contribution in [0.3, 0.4) is 0 Å². The lowest BCUT2D eigenvalue weighted by Crippen LogP contribution is -2.43. The highest BCUT2D eigenvalue weighted by atomic mass is 16.5. The van der Waals surface area contributed by atoms with Gasteiger partial charge in [0.25, 0.3) is 5.91 Å². The predicted molar refractivity (Wildman–Crippen MR) is 65.1 cm³/mol. The van der Waals surface area contributed by atoms with Crippen molar-refractivity contribution in [3.05, 3.63) is 29.3 Å². The van der Waals surface area contributed by atoms with Gasteiger partial charge in [-0.1, -0.05) is 6.07 Å². The first-order valence-corrected chi connectivity index (χ1v) is 5.36. The normalized spacial score (nSPS) is 9.50. The molecule has 6 nitrogen and oxygen atoms in total. The van der Waals surface area contributed by atoms with Gasteiger partial charge in [0.1, 0.15) is 5.75 Å². The van der Waals surface area contributed by atoms with E-state index in [0.29, 0.717) is 5.75 Å². The van der Waals surface area contributed by atoms with Crippen molar-refractivity contribution in [1.29, 1.82) is 0 Å². The molecule has 0 radical (unpaired) electrons. The molecule has 0 spiro atoms. The van der Waals surface area contributed by atoms with Crippen molar-refractivity contribution in [2.75, 3.05) is 13.7 Å². The van der Waals surface area contributed by atoms with Crippen LogP contribution in [0.2, 0.25) is 0 Å². The molecule has 0 atom stereocenters. The van der Waals surface area contributed by atoms with Gasteiger partial charge in [-0.2, -0.15) is 0 Å². The van der Waals surface area contributed by atoms with Crippen molar-refractivity contribution >= 4 is 12.0 Å². The summed E-state index contributed by atoms with van der Waals surface area (Å²) in [6.07, 6.45) is -0.741. The van der Waals surface area contributed by atoms with E-state index in [9.17, 15) is 9.59 Å². The Morgan fingerprint density at radius 3 is 2.50 bits per heavy atom. The Morgan fingerprint density at radius 2 is 1.89 bits per heavy atom. The maximum Gasteiger partial charge on any atom is 0.425 e. The molecule has 0 heterocycles. The summed E-state index contributed by atoms with van der Waals surface area (Å²) < 4.78 is 9.55. The van der Waals surface area contributed by atoms with E-state index in [2.05, 4.69) is 10.2 Å². The molecule has 2 N–H and O–H groups in total. The maximum atomic E-state index is 11.3. The quantitative estimate of drug-likeness (QED) is 0.789. The summed E-state index contributed by atoms with van der Waals surface area (Å²) in [6.45, 7) is 3.76. The number of methoxy groups -OCH3 is 1. The third kappa shape index (κ3) is 4.32. The zero-order valence-electron chi connectivity index (χ0n) is 10.6. The van der Waals surface area contributed by atoms with Crippen molar-refractivity contribution in [3.63, 3.8) is 0 Å². The predicted octanol–water partition coefficient (Wildman–Crippen LogP) is 1.07. The molecule has 0 fully saturated rings. The van der Waals surface area contributed by atoms with Gasteiger partial charge >= 0.3 is 6.09 Å². The second-order valence-corrected chi connectivity index (χ2v) is 3.70.